The maximum absolute atomic E-state index is 3.64. The van der Waals surface area contributed by atoms with Gasteiger partial charge in [-0.3, -0.25) is 0 Å². The Morgan fingerprint density at radius 2 is 1.63 bits per heavy atom. The van der Waals surface area contributed by atoms with E-state index in [9.17, 15) is 0 Å². The van der Waals surface area contributed by atoms with E-state index >= 15 is 0 Å². The number of halogens is 1. The van der Waals surface area contributed by atoms with Gasteiger partial charge in [-0.15, -0.1) is 0 Å². The van der Waals surface area contributed by atoms with Crippen LogP contribution in [0.15, 0.2) is 59.1 Å². The molecular weight excluding hydrogens is 298 g/mol. The zero-order valence-electron chi connectivity index (χ0n) is 11.3. The average molecular weight is 318 g/mol. The van der Waals surface area contributed by atoms with Crippen molar-refractivity contribution in [3.8, 4) is 0 Å². The van der Waals surface area contributed by atoms with E-state index in [0.717, 1.165) is 23.9 Å². The summed E-state index contributed by atoms with van der Waals surface area (Å²) < 4.78 is 1.13. The van der Waals surface area contributed by atoms with Crippen LogP contribution in [-0.4, -0.2) is 6.04 Å². The van der Waals surface area contributed by atoms with Crippen LogP contribution in [0.4, 0.5) is 0 Å². The lowest BCUT2D eigenvalue weighted by molar-refractivity contribution is 0.494. The van der Waals surface area contributed by atoms with Crippen molar-refractivity contribution < 1.29 is 0 Å². The summed E-state index contributed by atoms with van der Waals surface area (Å²) in [5, 5.41) is 3.64. The maximum Gasteiger partial charge on any atom is 0.0208 e. The minimum atomic E-state index is 0.533. The van der Waals surface area contributed by atoms with Gasteiger partial charge < -0.3 is 5.32 Å². The summed E-state index contributed by atoms with van der Waals surface area (Å²) in [6, 6.07) is 19.7. The van der Waals surface area contributed by atoms with Gasteiger partial charge in [0.05, 0.1) is 0 Å². The van der Waals surface area contributed by atoms with E-state index in [1.54, 1.807) is 0 Å². The van der Waals surface area contributed by atoms with Crippen LogP contribution < -0.4 is 5.32 Å². The largest absolute Gasteiger partial charge is 0.310 e. The van der Waals surface area contributed by atoms with E-state index in [0.29, 0.717) is 6.04 Å². The Morgan fingerprint density at radius 3 is 2.26 bits per heavy atom. The van der Waals surface area contributed by atoms with Gasteiger partial charge in [0, 0.05) is 17.1 Å². The Bertz CT molecular complexity index is 478. The predicted molar refractivity (Wildman–Crippen MR) is 85.2 cm³/mol. The molecule has 0 aliphatic rings. The first-order valence-corrected chi connectivity index (χ1v) is 7.59. The maximum atomic E-state index is 3.64. The molecule has 1 N–H and O–H groups in total. The summed E-state index contributed by atoms with van der Waals surface area (Å²) in [6.07, 6.45) is 2.24. The summed E-state index contributed by atoms with van der Waals surface area (Å²) in [7, 11) is 0. The van der Waals surface area contributed by atoms with Crippen LogP contribution >= 0.6 is 15.9 Å². The molecule has 2 aromatic carbocycles. The third-order valence-electron chi connectivity index (χ3n) is 3.33. The summed E-state index contributed by atoms with van der Waals surface area (Å²) in [5.41, 5.74) is 2.73. The molecule has 19 heavy (non-hydrogen) atoms. The molecule has 0 aliphatic carbocycles. The highest BCUT2D eigenvalue weighted by atomic mass is 79.9. The van der Waals surface area contributed by atoms with E-state index in [1.807, 2.05) is 0 Å². The fourth-order valence-corrected chi connectivity index (χ4v) is 2.39. The molecule has 0 fully saturated rings. The van der Waals surface area contributed by atoms with Crippen molar-refractivity contribution in [3.05, 3.63) is 70.2 Å². The van der Waals surface area contributed by atoms with E-state index in [2.05, 4.69) is 82.8 Å². The van der Waals surface area contributed by atoms with Crippen molar-refractivity contribution in [2.24, 2.45) is 0 Å². The first-order chi connectivity index (χ1) is 9.28. The highest BCUT2D eigenvalue weighted by Gasteiger charge is 2.06. The van der Waals surface area contributed by atoms with Crippen molar-refractivity contribution >= 4 is 15.9 Å². The van der Waals surface area contributed by atoms with Crippen LogP contribution in [0.3, 0.4) is 0 Å². The van der Waals surface area contributed by atoms with E-state index in [1.165, 1.54) is 11.1 Å². The molecule has 0 saturated carbocycles. The lowest BCUT2D eigenvalue weighted by atomic mass is 10.0. The minimum Gasteiger partial charge on any atom is -0.310 e. The van der Waals surface area contributed by atoms with Crippen molar-refractivity contribution in [1.82, 2.24) is 5.32 Å². The molecule has 1 unspecified atom stereocenters. The normalized spacial score (nSPS) is 12.3. The lowest BCUT2D eigenvalue weighted by Crippen LogP contribution is -2.29. The summed E-state index contributed by atoms with van der Waals surface area (Å²) in [6.45, 7) is 3.17. The van der Waals surface area contributed by atoms with Gasteiger partial charge in [-0.2, -0.15) is 0 Å². The second-order valence-electron chi connectivity index (χ2n) is 4.80. The molecular formula is C17H20BrN. The van der Waals surface area contributed by atoms with Crippen molar-refractivity contribution in [1.29, 1.82) is 0 Å². The lowest BCUT2D eigenvalue weighted by Gasteiger charge is -2.17. The molecule has 2 aromatic rings. The van der Waals surface area contributed by atoms with Gasteiger partial charge in [-0.05, 0) is 36.1 Å². The monoisotopic (exact) mass is 317 g/mol. The second kappa shape index (κ2) is 7.46. The Hall–Kier alpha value is -1.12. The molecule has 0 saturated heterocycles. The molecule has 0 amide bonds. The number of nitrogens with one attached hydrogen (secondary N) is 1. The van der Waals surface area contributed by atoms with Gasteiger partial charge in [-0.1, -0.05) is 65.3 Å². The first kappa shape index (κ1) is 14.3. The van der Waals surface area contributed by atoms with Gasteiger partial charge in [0.15, 0.2) is 0 Å². The number of hydrogen-bond donors (Lipinski definition) is 1. The van der Waals surface area contributed by atoms with Crippen LogP contribution in [0.1, 0.15) is 24.5 Å². The Balaban J connectivity index is 1.87. The quantitative estimate of drug-likeness (QED) is 0.823. The Kier molecular flexibility index (Phi) is 5.62. The summed E-state index contributed by atoms with van der Waals surface area (Å²) in [5.74, 6) is 0. The SMILES string of the molecule is CCC(Cc1ccccc1)NCc1ccc(Br)cc1. The molecule has 0 bridgehead atoms. The van der Waals surface area contributed by atoms with Crippen LogP contribution in [-0.2, 0) is 13.0 Å². The van der Waals surface area contributed by atoms with Gasteiger partial charge in [0.2, 0.25) is 0 Å². The third-order valence-corrected chi connectivity index (χ3v) is 3.85. The topological polar surface area (TPSA) is 12.0 Å². The van der Waals surface area contributed by atoms with Gasteiger partial charge in [0.25, 0.3) is 0 Å². The van der Waals surface area contributed by atoms with E-state index in [4.69, 9.17) is 0 Å². The van der Waals surface area contributed by atoms with Crippen molar-refractivity contribution in [2.75, 3.05) is 0 Å². The fourth-order valence-electron chi connectivity index (χ4n) is 2.12. The summed E-state index contributed by atoms with van der Waals surface area (Å²) in [4.78, 5) is 0. The second-order valence-corrected chi connectivity index (χ2v) is 5.72. The molecule has 2 rings (SSSR count). The number of benzene rings is 2. The predicted octanol–water partition coefficient (Wildman–Crippen LogP) is 4.56. The van der Waals surface area contributed by atoms with Crippen molar-refractivity contribution in [2.45, 2.75) is 32.4 Å². The number of rotatable bonds is 6. The van der Waals surface area contributed by atoms with Gasteiger partial charge >= 0.3 is 0 Å². The van der Waals surface area contributed by atoms with Crippen LogP contribution in [0, 0.1) is 0 Å². The molecule has 100 valence electrons. The molecule has 0 radical (unpaired) electrons. The van der Waals surface area contributed by atoms with E-state index in [-0.39, 0.29) is 0 Å². The highest BCUT2D eigenvalue weighted by molar-refractivity contribution is 9.10. The van der Waals surface area contributed by atoms with Gasteiger partial charge in [-0.25, -0.2) is 0 Å². The van der Waals surface area contributed by atoms with Crippen molar-refractivity contribution in [3.63, 3.8) is 0 Å². The molecule has 0 aliphatic heterocycles. The Labute approximate surface area is 124 Å². The molecule has 0 spiro atoms. The zero-order chi connectivity index (χ0) is 13.5. The summed E-state index contributed by atoms with van der Waals surface area (Å²) >= 11 is 3.46. The third kappa shape index (κ3) is 4.81. The molecule has 1 atom stereocenters. The smallest absolute Gasteiger partial charge is 0.0208 e. The van der Waals surface area contributed by atoms with Crippen LogP contribution in [0.25, 0.3) is 0 Å². The highest BCUT2D eigenvalue weighted by Crippen LogP contribution is 2.11. The van der Waals surface area contributed by atoms with Crippen LogP contribution in [0.5, 0.6) is 0 Å². The minimum absolute atomic E-state index is 0.533. The standard InChI is InChI=1S/C17H20BrN/c1-2-17(12-14-6-4-3-5-7-14)19-13-15-8-10-16(18)11-9-15/h3-11,17,19H,2,12-13H2,1H3. The van der Waals surface area contributed by atoms with E-state index < -0.39 is 0 Å². The zero-order valence-corrected chi connectivity index (χ0v) is 12.9. The molecule has 2 heteroatoms. The number of hydrogen-bond acceptors (Lipinski definition) is 1. The molecule has 1 nitrogen and oxygen atoms in total. The average Bonchev–Trinajstić information content (AvgIpc) is 2.46. The fraction of sp³-hybridized carbons (Fsp3) is 0.294. The first-order valence-electron chi connectivity index (χ1n) is 6.79. The van der Waals surface area contributed by atoms with Crippen LogP contribution in [0.2, 0.25) is 0 Å². The Morgan fingerprint density at radius 1 is 0.947 bits per heavy atom. The van der Waals surface area contributed by atoms with Gasteiger partial charge in [0.1, 0.15) is 0 Å². The molecule has 0 heterocycles. The molecule has 0 aromatic heterocycles.